The number of aromatic nitrogens is 1. The minimum atomic E-state index is 0.0430. The maximum Gasteiger partial charge on any atom is 0.273 e. The van der Waals surface area contributed by atoms with E-state index in [2.05, 4.69) is 35.9 Å². The third-order valence-corrected chi connectivity index (χ3v) is 6.74. The number of hydrogen-bond donors (Lipinski definition) is 0. The summed E-state index contributed by atoms with van der Waals surface area (Å²) in [4.78, 5) is 21.6. The van der Waals surface area contributed by atoms with E-state index >= 15 is 0 Å². The van der Waals surface area contributed by atoms with Crippen LogP contribution in [0.2, 0.25) is 5.02 Å². The maximum absolute atomic E-state index is 12.7. The fraction of sp³-hybridized carbons (Fsp3) is 0.545. The predicted octanol–water partition coefficient (Wildman–Crippen LogP) is 4.95. The zero-order chi connectivity index (χ0) is 20.1. The van der Waals surface area contributed by atoms with Gasteiger partial charge in [-0.05, 0) is 49.4 Å². The van der Waals surface area contributed by atoms with Crippen molar-refractivity contribution in [1.82, 2.24) is 14.8 Å². The molecule has 3 rings (SSSR count). The number of piperidine rings is 1. The second-order valence-corrected chi connectivity index (χ2v) is 9.42. The Morgan fingerprint density at radius 3 is 2.79 bits per heavy atom. The maximum atomic E-state index is 12.7. The fourth-order valence-corrected chi connectivity index (χ4v) is 4.69. The molecule has 1 atom stereocenters. The van der Waals surface area contributed by atoms with E-state index in [0.29, 0.717) is 17.5 Å². The molecule has 1 unspecified atom stereocenters. The van der Waals surface area contributed by atoms with Gasteiger partial charge in [-0.1, -0.05) is 37.6 Å². The quantitative estimate of drug-likeness (QED) is 0.637. The van der Waals surface area contributed by atoms with Gasteiger partial charge in [-0.15, -0.1) is 11.3 Å². The summed E-state index contributed by atoms with van der Waals surface area (Å²) in [6, 6.07) is 8.13. The topological polar surface area (TPSA) is 36.4 Å². The molecular formula is C22H30ClN3OS. The Kier molecular flexibility index (Phi) is 7.49. The first-order valence-corrected chi connectivity index (χ1v) is 11.4. The number of nitrogens with zero attached hydrogens (tertiary/aromatic N) is 3. The first-order valence-electron chi connectivity index (χ1n) is 10.1. The number of benzene rings is 1. The van der Waals surface area contributed by atoms with Crippen LogP contribution in [-0.4, -0.2) is 53.9 Å². The van der Waals surface area contributed by atoms with Gasteiger partial charge < -0.3 is 9.80 Å². The Morgan fingerprint density at radius 1 is 1.36 bits per heavy atom. The Hall–Kier alpha value is -1.43. The zero-order valence-electron chi connectivity index (χ0n) is 17.0. The summed E-state index contributed by atoms with van der Waals surface area (Å²) in [7, 11) is 1.91. The molecule has 28 heavy (non-hydrogen) atoms. The van der Waals surface area contributed by atoms with Crippen LogP contribution >= 0.6 is 22.9 Å². The lowest BCUT2D eigenvalue weighted by molar-refractivity contribution is 0.0725. The lowest BCUT2D eigenvalue weighted by Gasteiger charge is -2.34. The second-order valence-electron chi connectivity index (χ2n) is 8.10. The first kappa shape index (κ1) is 21.3. The van der Waals surface area contributed by atoms with Crippen LogP contribution in [0.3, 0.4) is 0 Å². The summed E-state index contributed by atoms with van der Waals surface area (Å²) >= 11 is 7.55. The Morgan fingerprint density at radius 2 is 2.11 bits per heavy atom. The van der Waals surface area contributed by atoms with Crippen LogP contribution in [0, 0.1) is 5.92 Å². The van der Waals surface area contributed by atoms with E-state index in [1.165, 1.54) is 18.4 Å². The molecule has 1 aromatic carbocycles. The highest BCUT2D eigenvalue weighted by Gasteiger charge is 2.24. The van der Waals surface area contributed by atoms with E-state index in [0.717, 1.165) is 42.6 Å². The van der Waals surface area contributed by atoms with Crippen molar-refractivity contribution in [1.29, 1.82) is 0 Å². The second kappa shape index (κ2) is 9.86. The Labute approximate surface area is 177 Å². The van der Waals surface area contributed by atoms with Crippen molar-refractivity contribution in [2.45, 2.75) is 39.0 Å². The van der Waals surface area contributed by atoms with Crippen molar-refractivity contribution >= 4 is 28.8 Å². The highest BCUT2D eigenvalue weighted by molar-refractivity contribution is 7.09. The van der Waals surface area contributed by atoms with Gasteiger partial charge in [0.1, 0.15) is 5.69 Å². The Balaban J connectivity index is 1.49. The third kappa shape index (κ3) is 5.79. The smallest absolute Gasteiger partial charge is 0.273 e. The summed E-state index contributed by atoms with van der Waals surface area (Å²) in [5.41, 5.74) is 1.91. The van der Waals surface area contributed by atoms with E-state index < -0.39 is 0 Å². The standard InChI is InChI=1S/C22H30ClN3OS/c1-16(2)21-24-20(15-28-21)22(27)25(3)13-18-5-4-11-26(14-18)12-10-17-6-8-19(23)9-7-17/h6-9,15-16,18H,4-5,10-14H2,1-3H3. The summed E-state index contributed by atoms with van der Waals surface area (Å²) in [6.07, 6.45) is 3.42. The molecule has 0 saturated carbocycles. The van der Waals surface area contributed by atoms with Gasteiger partial charge in [-0.25, -0.2) is 4.98 Å². The van der Waals surface area contributed by atoms with E-state index in [1.54, 1.807) is 11.3 Å². The van der Waals surface area contributed by atoms with Crippen molar-refractivity contribution in [3.05, 3.63) is 50.9 Å². The molecule has 2 heterocycles. The molecule has 0 bridgehead atoms. The van der Waals surface area contributed by atoms with Gasteiger partial charge in [0.25, 0.3) is 5.91 Å². The summed E-state index contributed by atoms with van der Waals surface area (Å²) in [5, 5.41) is 3.71. The molecule has 0 aliphatic carbocycles. The summed E-state index contributed by atoms with van der Waals surface area (Å²) in [5.74, 6) is 0.932. The molecule has 1 amide bonds. The highest BCUT2D eigenvalue weighted by Crippen LogP contribution is 2.22. The highest BCUT2D eigenvalue weighted by atomic mass is 35.5. The van der Waals surface area contributed by atoms with Gasteiger partial charge in [0, 0.05) is 43.0 Å². The van der Waals surface area contributed by atoms with Crippen LogP contribution in [0.15, 0.2) is 29.6 Å². The number of carbonyl (C=O) groups is 1. The van der Waals surface area contributed by atoms with Crippen LogP contribution in [-0.2, 0) is 6.42 Å². The third-order valence-electron chi connectivity index (χ3n) is 5.35. The van der Waals surface area contributed by atoms with Gasteiger partial charge in [-0.2, -0.15) is 0 Å². The molecule has 152 valence electrons. The zero-order valence-corrected chi connectivity index (χ0v) is 18.6. The molecule has 6 heteroatoms. The van der Waals surface area contributed by atoms with Gasteiger partial charge in [0.2, 0.25) is 0 Å². The fourth-order valence-electron chi connectivity index (χ4n) is 3.76. The largest absolute Gasteiger partial charge is 0.340 e. The SMILES string of the molecule is CC(C)c1nc(C(=O)N(C)CC2CCCN(CCc3ccc(Cl)cc3)C2)cs1. The number of likely N-dealkylation sites (tertiary alicyclic amines) is 1. The van der Waals surface area contributed by atoms with E-state index in [9.17, 15) is 4.79 Å². The molecule has 1 fully saturated rings. The molecule has 1 saturated heterocycles. The van der Waals surface area contributed by atoms with Gasteiger partial charge in [-0.3, -0.25) is 4.79 Å². The molecule has 0 spiro atoms. The molecule has 1 aromatic heterocycles. The normalized spacial score (nSPS) is 17.8. The molecule has 2 aromatic rings. The molecular weight excluding hydrogens is 390 g/mol. The van der Waals surface area contributed by atoms with Crippen LogP contribution < -0.4 is 0 Å². The summed E-state index contributed by atoms with van der Waals surface area (Å²) in [6.45, 7) is 8.27. The number of rotatable bonds is 7. The molecule has 1 aliphatic heterocycles. The van der Waals surface area contributed by atoms with Crippen molar-refractivity contribution in [2.24, 2.45) is 5.92 Å². The molecule has 1 aliphatic rings. The van der Waals surface area contributed by atoms with Crippen LogP contribution in [0.5, 0.6) is 0 Å². The number of halogens is 1. The van der Waals surface area contributed by atoms with E-state index in [-0.39, 0.29) is 5.91 Å². The average Bonchev–Trinajstić information content (AvgIpc) is 3.18. The van der Waals surface area contributed by atoms with Gasteiger partial charge in [0.15, 0.2) is 0 Å². The van der Waals surface area contributed by atoms with Gasteiger partial charge in [0.05, 0.1) is 5.01 Å². The lowest BCUT2D eigenvalue weighted by atomic mass is 9.97. The predicted molar refractivity (Wildman–Crippen MR) is 117 cm³/mol. The van der Waals surface area contributed by atoms with Crippen molar-refractivity contribution < 1.29 is 4.79 Å². The minimum absolute atomic E-state index is 0.0430. The van der Waals surface area contributed by atoms with Crippen molar-refractivity contribution in [2.75, 3.05) is 33.2 Å². The minimum Gasteiger partial charge on any atom is -0.340 e. The monoisotopic (exact) mass is 419 g/mol. The summed E-state index contributed by atoms with van der Waals surface area (Å²) < 4.78 is 0. The number of hydrogen-bond acceptors (Lipinski definition) is 4. The Bertz CT molecular complexity index is 774. The van der Waals surface area contributed by atoms with Crippen LogP contribution in [0.1, 0.15) is 53.7 Å². The number of carbonyl (C=O) groups excluding carboxylic acids is 1. The van der Waals surface area contributed by atoms with Crippen LogP contribution in [0.25, 0.3) is 0 Å². The van der Waals surface area contributed by atoms with Crippen LogP contribution in [0.4, 0.5) is 0 Å². The van der Waals surface area contributed by atoms with Crippen molar-refractivity contribution in [3.8, 4) is 0 Å². The van der Waals surface area contributed by atoms with Gasteiger partial charge >= 0.3 is 0 Å². The van der Waals surface area contributed by atoms with Crippen molar-refractivity contribution in [3.63, 3.8) is 0 Å². The lowest BCUT2D eigenvalue weighted by Crippen LogP contribution is -2.42. The molecule has 0 N–H and O–H groups in total. The van der Waals surface area contributed by atoms with E-state index in [4.69, 9.17) is 11.6 Å². The number of thiazole rings is 1. The number of amides is 1. The molecule has 4 nitrogen and oxygen atoms in total. The average molecular weight is 420 g/mol. The van der Waals surface area contributed by atoms with E-state index in [1.807, 2.05) is 29.5 Å². The first-order chi connectivity index (χ1) is 13.4. The molecule has 0 radical (unpaired) electrons.